The van der Waals surface area contributed by atoms with Crippen molar-refractivity contribution in [1.82, 2.24) is 15.2 Å². The van der Waals surface area contributed by atoms with E-state index >= 15 is 0 Å². The van der Waals surface area contributed by atoms with Gasteiger partial charge in [0.05, 0.1) is 29.9 Å². The van der Waals surface area contributed by atoms with Crippen LogP contribution in [-0.2, 0) is 42.9 Å². The third-order valence-electron chi connectivity index (χ3n) is 13.2. The first-order chi connectivity index (χ1) is 26.8. The molecule has 4 aliphatic heterocycles. The van der Waals surface area contributed by atoms with Crippen molar-refractivity contribution in [1.29, 1.82) is 0 Å². The van der Waals surface area contributed by atoms with Crippen LogP contribution in [0.5, 0.6) is 0 Å². The Bertz CT molecular complexity index is 1870. The Morgan fingerprint density at radius 3 is 2.47 bits per heavy atom. The Balaban J connectivity index is 1.42. The predicted molar refractivity (Wildman–Crippen MR) is 213 cm³/mol. The van der Waals surface area contributed by atoms with Gasteiger partial charge in [0.1, 0.15) is 30.0 Å². The van der Waals surface area contributed by atoms with Gasteiger partial charge in [0, 0.05) is 47.3 Å². The summed E-state index contributed by atoms with van der Waals surface area (Å²) in [5.41, 5.74) is -2.05. The zero-order valence-electron chi connectivity index (χ0n) is 35.0. The average Bonchev–Trinajstić information content (AvgIpc) is 3.68. The van der Waals surface area contributed by atoms with Crippen LogP contribution in [0, 0.1) is 29.1 Å². The molecule has 13 heteroatoms. The lowest BCUT2D eigenvalue weighted by molar-refractivity contribution is -0.296. The number of esters is 2. The summed E-state index contributed by atoms with van der Waals surface area (Å²) in [4.78, 5) is 63.4. The summed E-state index contributed by atoms with van der Waals surface area (Å²) in [6.45, 7) is 14.4. The second-order valence-electron chi connectivity index (χ2n) is 17.7. The number of hydrogen-bond acceptors (Lipinski definition) is 13. The molecule has 13 nitrogen and oxygen atoms in total. The van der Waals surface area contributed by atoms with E-state index in [9.17, 15) is 24.3 Å². The monoisotopic (exact) mass is 791 g/mol. The molecular weight excluding hydrogens is 730 g/mol. The molecule has 0 aliphatic carbocycles. The number of fused-ring (bicyclic) bond motifs is 1. The van der Waals surface area contributed by atoms with Crippen LogP contribution in [0.2, 0.25) is 0 Å². The molecule has 2 N–H and O–H groups in total. The molecule has 1 aromatic heterocycles. The van der Waals surface area contributed by atoms with Crippen LogP contribution in [-0.4, -0.2) is 120 Å². The molecule has 312 valence electrons. The standard InChI is InChI=1S/C44H61N3O10/c1-11-32-44(8)36-33(40(52)57-44)46-23-42(36,6)37(50)24(2)21-43(7,53-18-14-15-28-20-29-16-12-13-17-30(29)45-22-28)38(26(4)34(48)27(5)39(51)55-32)56-41-35(49)31(47(9)10)19-25(3)54-41/h12-17,20,22,24-27,31-33,35-36,38,41,46,49H,11,18-19,21,23H2,1-10H3/b15-14+/t24-,25-,26+,27-,31+,32-,33?,35-,36?,38-,41+,42?,43+,44-/m1/s1. The van der Waals surface area contributed by atoms with Gasteiger partial charge < -0.3 is 39.0 Å². The van der Waals surface area contributed by atoms with Crippen LogP contribution in [0.25, 0.3) is 17.0 Å². The lowest BCUT2D eigenvalue weighted by Gasteiger charge is -2.48. The zero-order chi connectivity index (χ0) is 41.6. The summed E-state index contributed by atoms with van der Waals surface area (Å²) < 4.78 is 32.0. The van der Waals surface area contributed by atoms with Crippen LogP contribution in [0.1, 0.15) is 80.2 Å². The lowest BCUT2D eigenvalue weighted by atomic mass is 9.62. The summed E-state index contributed by atoms with van der Waals surface area (Å²) in [5.74, 6) is -5.43. The zero-order valence-corrected chi connectivity index (χ0v) is 35.0. The SMILES string of the molecule is CC[C@H]1OC(=O)[C@H](C)C(=O)[C@H](C)[C@@H](O[C@@H]2O[C@H](C)C[C@H](N(C)C)[C@H]2O)[C@@](C)(OC/C=C/c2cnc3ccccc3c2)C[C@@H](C)C(=O)C2(C)CNC3C(=O)O[C@@]1(C)C32. The number of benzene rings is 1. The molecule has 3 unspecified atom stereocenters. The molecule has 0 amide bonds. The molecule has 0 bridgehead atoms. The molecule has 14 atom stereocenters. The third kappa shape index (κ3) is 8.08. The van der Waals surface area contributed by atoms with Gasteiger partial charge in [-0.05, 0) is 78.7 Å². The van der Waals surface area contributed by atoms with Gasteiger partial charge >= 0.3 is 11.9 Å². The van der Waals surface area contributed by atoms with E-state index in [2.05, 4.69) is 10.3 Å². The summed E-state index contributed by atoms with van der Waals surface area (Å²) in [7, 11) is 3.75. The number of rotatable bonds is 8. The second-order valence-corrected chi connectivity index (χ2v) is 17.7. The minimum Gasteiger partial charge on any atom is -0.458 e. The van der Waals surface area contributed by atoms with E-state index in [4.69, 9.17) is 23.7 Å². The highest BCUT2D eigenvalue weighted by Gasteiger charge is 2.69. The first kappa shape index (κ1) is 43.0. The quantitative estimate of drug-likeness (QED) is 0.284. The van der Waals surface area contributed by atoms with E-state index in [-0.39, 0.29) is 43.9 Å². The molecule has 6 rings (SSSR count). The molecule has 0 spiro atoms. The van der Waals surface area contributed by atoms with E-state index in [0.717, 1.165) is 16.5 Å². The Labute approximate surface area is 336 Å². The van der Waals surface area contributed by atoms with Crippen LogP contribution in [0.3, 0.4) is 0 Å². The van der Waals surface area contributed by atoms with Gasteiger partial charge in [-0.1, -0.05) is 58.0 Å². The Morgan fingerprint density at radius 2 is 1.77 bits per heavy atom. The van der Waals surface area contributed by atoms with Crippen LogP contribution < -0.4 is 5.32 Å². The number of hydrogen-bond donors (Lipinski definition) is 2. The Hall–Kier alpha value is -3.59. The summed E-state index contributed by atoms with van der Waals surface area (Å²) in [6, 6.07) is 8.78. The largest absolute Gasteiger partial charge is 0.458 e. The number of aliphatic hydroxyl groups excluding tert-OH is 1. The maximum Gasteiger partial charge on any atom is 0.324 e. The number of carbonyl (C=O) groups is 4. The number of ketones is 2. The molecule has 4 aliphatic rings. The molecule has 4 saturated heterocycles. The van der Waals surface area contributed by atoms with Gasteiger partial charge in [-0.15, -0.1) is 0 Å². The van der Waals surface area contributed by atoms with E-state index < -0.39 is 88.7 Å². The summed E-state index contributed by atoms with van der Waals surface area (Å²) in [5, 5.41) is 15.9. The van der Waals surface area contributed by atoms with Crippen LogP contribution in [0.15, 0.2) is 42.6 Å². The first-order valence-corrected chi connectivity index (χ1v) is 20.4. The number of ether oxygens (including phenoxy) is 5. The lowest BCUT2D eigenvalue weighted by Crippen LogP contribution is -2.60. The third-order valence-corrected chi connectivity index (χ3v) is 13.2. The number of carbonyl (C=O) groups excluding carboxylic acids is 4. The predicted octanol–water partition coefficient (Wildman–Crippen LogP) is 4.52. The van der Waals surface area contributed by atoms with Crippen molar-refractivity contribution in [2.45, 2.75) is 129 Å². The fourth-order valence-electron chi connectivity index (χ4n) is 10.2. The maximum absolute atomic E-state index is 15.0. The molecule has 57 heavy (non-hydrogen) atoms. The molecule has 1 aromatic carbocycles. The van der Waals surface area contributed by atoms with Gasteiger partial charge in [-0.2, -0.15) is 0 Å². The second kappa shape index (κ2) is 16.6. The first-order valence-electron chi connectivity index (χ1n) is 20.4. The minimum absolute atomic E-state index is 0.0650. The Kier molecular flexibility index (Phi) is 12.5. The number of pyridine rings is 1. The normalized spacial score (nSPS) is 40.7. The van der Waals surface area contributed by atoms with Crippen molar-refractivity contribution in [3.63, 3.8) is 0 Å². The molecule has 4 fully saturated rings. The van der Waals surface area contributed by atoms with E-state index in [1.54, 1.807) is 20.0 Å². The number of likely N-dealkylation sites (N-methyl/N-ethyl adjacent to an activating group) is 1. The molecule has 2 aromatic rings. The van der Waals surface area contributed by atoms with Crippen molar-refractivity contribution in [3.05, 3.63) is 48.2 Å². The van der Waals surface area contributed by atoms with Crippen molar-refractivity contribution < 1.29 is 48.0 Å². The number of cyclic esters (lactones) is 1. The smallest absolute Gasteiger partial charge is 0.324 e. The highest BCUT2D eigenvalue weighted by atomic mass is 16.7. The molecule has 0 radical (unpaired) electrons. The van der Waals surface area contributed by atoms with Gasteiger partial charge in [0.15, 0.2) is 17.7 Å². The molecule has 0 saturated carbocycles. The van der Waals surface area contributed by atoms with Crippen molar-refractivity contribution in [2.24, 2.45) is 29.1 Å². The van der Waals surface area contributed by atoms with Gasteiger partial charge in [0.25, 0.3) is 0 Å². The van der Waals surface area contributed by atoms with Crippen molar-refractivity contribution in [3.8, 4) is 0 Å². The van der Waals surface area contributed by atoms with Gasteiger partial charge in [-0.25, -0.2) is 0 Å². The fraction of sp³-hybridized carbons (Fsp3) is 0.659. The average molecular weight is 792 g/mol. The van der Waals surface area contributed by atoms with E-state index in [1.165, 1.54) is 6.92 Å². The number of aliphatic hydroxyl groups is 1. The fourth-order valence-corrected chi connectivity index (χ4v) is 10.2. The minimum atomic E-state index is -1.36. The number of nitrogens with zero attached hydrogens (tertiary/aromatic N) is 2. The maximum atomic E-state index is 15.0. The van der Waals surface area contributed by atoms with E-state index in [1.807, 2.05) is 96.1 Å². The number of nitrogens with one attached hydrogen (secondary N) is 1. The number of aromatic nitrogens is 1. The van der Waals surface area contributed by atoms with E-state index in [0.29, 0.717) is 6.42 Å². The van der Waals surface area contributed by atoms with Crippen LogP contribution in [0.4, 0.5) is 0 Å². The molecular formula is C44H61N3O10. The topological polar surface area (TPSA) is 163 Å². The van der Waals surface area contributed by atoms with Crippen molar-refractivity contribution in [2.75, 3.05) is 27.2 Å². The Morgan fingerprint density at radius 1 is 1.05 bits per heavy atom. The van der Waals surface area contributed by atoms with Crippen molar-refractivity contribution >= 4 is 40.5 Å². The number of Topliss-reactive ketones (excluding diaryl/α,β-unsaturated/α-hetero) is 2. The van der Waals surface area contributed by atoms with Crippen LogP contribution >= 0.6 is 0 Å². The summed E-state index contributed by atoms with van der Waals surface area (Å²) >= 11 is 0. The van der Waals surface area contributed by atoms with Gasteiger partial charge in [0.2, 0.25) is 0 Å². The highest BCUT2D eigenvalue weighted by molar-refractivity contribution is 6.00. The number of para-hydroxylation sites is 1. The molecule has 5 heterocycles. The van der Waals surface area contributed by atoms with Gasteiger partial charge in [-0.3, -0.25) is 24.2 Å². The highest BCUT2D eigenvalue weighted by Crippen LogP contribution is 2.53. The summed E-state index contributed by atoms with van der Waals surface area (Å²) in [6.07, 6.45) is 1.93.